The van der Waals surface area contributed by atoms with Gasteiger partial charge in [0.2, 0.25) is 0 Å². The molecule has 2 N–H and O–H groups in total. The molecule has 0 spiro atoms. The van der Waals surface area contributed by atoms with Crippen molar-refractivity contribution in [3.05, 3.63) is 17.0 Å². The predicted octanol–water partition coefficient (Wildman–Crippen LogP) is 0.891. The van der Waals surface area contributed by atoms with Gasteiger partial charge in [0, 0.05) is 24.6 Å². The molecule has 17 heavy (non-hydrogen) atoms. The molecule has 0 saturated heterocycles. The van der Waals surface area contributed by atoms with Gasteiger partial charge in [-0.05, 0) is 33.2 Å². The molecule has 0 saturated carbocycles. The summed E-state index contributed by atoms with van der Waals surface area (Å²) in [5.41, 5.74) is 1.48. The topological polar surface area (TPSA) is 67.2 Å². The molecule has 1 unspecified atom stereocenters. The van der Waals surface area contributed by atoms with Crippen LogP contribution < -0.4 is 10.6 Å². The summed E-state index contributed by atoms with van der Waals surface area (Å²) in [5, 5.41) is 9.83. The minimum absolute atomic E-state index is 0.126. The van der Waals surface area contributed by atoms with Crippen LogP contribution in [0.5, 0.6) is 0 Å². The Morgan fingerprint density at radius 3 is 3.00 bits per heavy atom. The number of fused-ring (bicyclic) bond motifs is 1. The number of hydrogen-bond acceptors (Lipinski definition) is 4. The molecule has 5 nitrogen and oxygen atoms in total. The maximum Gasteiger partial charge on any atom is 0.273 e. The number of rotatable bonds is 4. The number of likely N-dealkylation sites (N-methyl/N-ethyl adjacent to an activating group) is 1. The Morgan fingerprint density at radius 1 is 1.47 bits per heavy atom. The standard InChI is InChI=1S/C12H19N3O2/c1-8(13-2)7-14-12(16)11-9-5-3-4-6-10(9)17-15-11/h8,13H,3-7H2,1-2H3,(H,14,16). The number of aryl methyl sites for hydroxylation is 1. The van der Waals surface area contributed by atoms with E-state index in [1.807, 2.05) is 14.0 Å². The number of carbonyl (C=O) groups is 1. The van der Waals surface area contributed by atoms with E-state index in [2.05, 4.69) is 15.8 Å². The molecule has 1 amide bonds. The number of nitrogens with zero attached hydrogens (tertiary/aromatic N) is 1. The fourth-order valence-electron chi connectivity index (χ4n) is 1.99. The van der Waals surface area contributed by atoms with Crippen molar-refractivity contribution in [1.82, 2.24) is 15.8 Å². The predicted molar refractivity (Wildman–Crippen MR) is 64.0 cm³/mol. The smallest absolute Gasteiger partial charge is 0.273 e. The highest BCUT2D eigenvalue weighted by Gasteiger charge is 2.23. The lowest BCUT2D eigenvalue weighted by Crippen LogP contribution is -2.37. The van der Waals surface area contributed by atoms with Crippen molar-refractivity contribution in [2.75, 3.05) is 13.6 Å². The van der Waals surface area contributed by atoms with E-state index in [4.69, 9.17) is 4.52 Å². The van der Waals surface area contributed by atoms with Gasteiger partial charge in [0.1, 0.15) is 5.76 Å². The first-order valence-electron chi connectivity index (χ1n) is 6.15. The van der Waals surface area contributed by atoms with Crippen LogP contribution in [0.4, 0.5) is 0 Å². The van der Waals surface area contributed by atoms with Crippen LogP contribution in [-0.2, 0) is 12.8 Å². The lowest BCUT2D eigenvalue weighted by atomic mass is 9.96. The Hall–Kier alpha value is -1.36. The van der Waals surface area contributed by atoms with Gasteiger partial charge in [-0.1, -0.05) is 5.16 Å². The summed E-state index contributed by atoms with van der Waals surface area (Å²) >= 11 is 0. The third kappa shape index (κ3) is 2.66. The Labute approximate surface area is 101 Å². The second-order valence-corrected chi connectivity index (χ2v) is 4.54. The van der Waals surface area contributed by atoms with Crippen LogP contribution in [0, 0.1) is 0 Å². The van der Waals surface area contributed by atoms with Crippen molar-refractivity contribution in [3.63, 3.8) is 0 Å². The highest BCUT2D eigenvalue weighted by Crippen LogP contribution is 2.23. The molecular formula is C12H19N3O2. The molecule has 94 valence electrons. The molecule has 0 aliphatic heterocycles. The summed E-state index contributed by atoms with van der Waals surface area (Å²) in [5.74, 6) is 0.766. The van der Waals surface area contributed by atoms with Crippen LogP contribution in [0.15, 0.2) is 4.52 Å². The highest BCUT2D eigenvalue weighted by molar-refractivity contribution is 5.93. The molecule has 0 aromatic carbocycles. The summed E-state index contributed by atoms with van der Waals surface area (Å²) in [4.78, 5) is 11.9. The Balaban J connectivity index is 2.02. The maximum absolute atomic E-state index is 11.9. The fourth-order valence-corrected chi connectivity index (χ4v) is 1.99. The minimum atomic E-state index is -0.126. The molecule has 0 fully saturated rings. The average molecular weight is 237 g/mol. The quantitative estimate of drug-likeness (QED) is 0.816. The molecule has 2 rings (SSSR count). The van der Waals surface area contributed by atoms with E-state index in [1.165, 1.54) is 0 Å². The van der Waals surface area contributed by atoms with E-state index in [1.54, 1.807) is 0 Å². The monoisotopic (exact) mass is 237 g/mol. The largest absolute Gasteiger partial charge is 0.360 e. The maximum atomic E-state index is 11.9. The van der Waals surface area contributed by atoms with Crippen molar-refractivity contribution >= 4 is 5.91 Å². The van der Waals surface area contributed by atoms with Gasteiger partial charge < -0.3 is 15.2 Å². The van der Waals surface area contributed by atoms with E-state index in [0.717, 1.165) is 37.0 Å². The molecule has 5 heteroatoms. The molecule has 1 aliphatic rings. The highest BCUT2D eigenvalue weighted by atomic mass is 16.5. The minimum Gasteiger partial charge on any atom is -0.360 e. The van der Waals surface area contributed by atoms with Crippen molar-refractivity contribution < 1.29 is 9.32 Å². The fraction of sp³-hybridized carbons (Fsp3) is 0.667. The molecule has 1 aromatic heterocycles. The third-order valence-corrected chi connectivity index (χ3v) is 3.23. The van der Waals surface area contributed by atoms with E-state index in [-0.39, 0.29) is 11.9 Å². The second kappa shape index (κ2) is 5.31. The molecule has 1 aliphatic carbocycles. The van der Waals surface area contributed by atoms with Gasteiger partial charge >= 0.3 is 0 Å². The van der Waals surface area contributed by atoms with Gasteiger partial charge in [-0.15, -0.1) is 0 Å². The van der Waals surface area contributed by atoms with E-state index in [0.29, 0.717) is 12.2 Å². The summed E-state index contributed by atoms with van der Waals surface area (Å²) in [6, 6.07) is 0.252. The Bertz CT molecular complexity index is 400. The van der Waals surface area contributed by atoms with E-state index in [9.17, 15) is 4.79 Å². The van der Waals surface area contributed by atoms with Gasteiger partial charge in [0.25, 0.3) is 5.91 Å². The van der Waals surface area contributed by atoms with Crippen molar-refractivity contribution in [3.8, 4) is 0 Å². The number of hydrogen-bond donors (Lipinski definition) is 2. The first-order chi connectivity index (χ1) is 8.22. The Morgan fingerprint density at radius 2 is 2.24 bits per heavy atom. The first-order valence-corrected chi connectivity index (χ1v) is 6.15. The van der Waals surface area contributed by atoms with Gasteiger partial charge in [0.15, 0.2) is 5.69 Å². The molecule has 1 aromatic rings. The van der Waals surface area contributed by atoms with Gasteiger partial charge in [-0.25, -0.2) is 0 Å². The number of aromatic nitrogens is 1. The number of nitrogens with one attached hydrogen (secondary N) is 2. The lowest BCUT2D eigenvalue weighted by Gasteiger charge is -2.12. The molecule has 1 heterocycles. The summed E-state index contributed by atoms with van der Waals surface area (Å²) in [6.45, 7) is 2.61. The third-order valence-electron chi connectivity index (χ3n) is 3.23. The molecule has 1 atom stereocenters. The van der Waals surface area contributed by atoms with Crippen molar-refractivity contribution in [1.29, 1.82) is 0 Å². The van der Waals surface area contributed by atoms with Gasteiger partial charge in [0.05, 0.1) is 0 Å². The van der Waals surface area contributed by atoms with Crippen LogP contribution in [0.25, 0.3) is 0 Å². The molecular weight excluding hydrogens is 218 g/mol. The lowest BCUT2D eigenvalue weighted by molar-refractivity contribution is 0.0940. The van der Waals surface area contributed by atoms with Crippen LogP contribution >= 0.6 is 0 Å². The van der Waals surface area contributed by atoms with Crippen LogP contribution in [0.2, 0.25) is 0 Å². The van der Waals surface area contributed by atoms with E-state index >= 15 is 0 Å². The first kappa shape index (κ1) is 12.1. The van der Waals surface area contributed by atoms with Crippen LogP contribution in [0.1, 0.15) is 41.6 Å². The summed E-state index contributed by atoms with van der Waals surface area (Å²) in [7, 11) is 1.87. The summed E-state index contributed by atoms with van der Waals surface area (Å²) < 4.78 is 5.21. The Kier molecular flexibility index (Phi) is 3.78. The summed E-state index contributed by atoms with van der Waals surface area (Å²) in [6.07, 6.45) is 4.05. The molecule has 0 bridgehead atoms. The average Bonchev–Trinajstić information content (AvgIpc) is 2.79. The van der Waals surface area contributed by atoms with Gasteiger partial charge in [-0.3, -0.25) is 4.79 Å². The number of carbonyl (C=O) groups excluding carboxylic acids is 1. The normalized spacial score (nSPS) is 16.4. The second-order valence-electron chi connectivity index (χ2n) is 4.54. The van der Waals surface area contributed by atoms with Crippen LogP contribution in [-0.4, -0.2) is 30.7 Å². The zero-order valence-electron chi connectivity index (χ0n) is 10.4. The van der Waals surface area contributed by atoms with Crippen LogP contribution in [0.3, 0.4) is 0 Å². The zero-order chi connectivity index (χ0) is 12.3. The SMILES string of the molecule is CNC(C)CNC(=O)c1noc2c1CCCC2. The van der Waals surface area contributed by atoms with Crippen molar-refractivity contribution in [2.45, 2.75) is 38.6 Å². The molecule has 0 radical (unpaired) electrons. The van der Waals surface area contributed by atoms with Gasteiger partial charge in [-0.2, -0.15) is 0 Å². The number of amides is 1. The van der Waals surface area contributed by atoms with E-state index < -0.39 is 0 Å². The van der Waals surface area contributed by atoms with Crippen molar-refractivity contribution in [2.24, 2.45) is 0 Å². The zero-order valence-corrected chi connectivity index (χ0v) is 10.4.